The smallest absolute Gasteiger partial charge is 0.315 e. The first-order chi connectivity index (χ1) is 13.7. The average Bonchev–Trinajstić information content (AvgIpc) is 2.76. The molecule has 0 aliphatic carbocycles. The van der Waals surface area contributed by atoms with Crippen LogP contribution in [0, 0.1) is 0 Å². The quantitative estimate of drug-likeness (QED) is 0.660. The second kappa shape index (κ2) is 9.36. The third-order valence-corrected chi connectivity index (χ3v) is 4.17. The number of nitrogens with one attached hydrogen (secondary N) is 2. The molecule has 144 valence electrons. The van der Waals surface area contributed by atoms with Gasteiger partial charge in [-0.05, 0) is 41.5 Å². The van der Waals surface area contributed by atoms with Crippen molar-refractivity contribution in [1.82, 2.24) is 20.6 Å². The van der Waals surface area contributed by atoms with Crippen LogP contribution >= 0.6 is 0 Å². The molecule has 0 saturated heterocycles. The lowest BCUT2D eigenvalue weighted by molar-refractivity contribution is 0.240. The van der Waals surface area contributed by atoms with Gasteiger partial charge in [0.1, 0.15) is 0 Å². The van der Waals surface area contributed by atoms with E-state index in [-0.39, 0.29) is 6.03 Å². The zero-order valence-electron chi connectivity index (χ0n) is 15.8. The van der Waals surface area contributed by atoms with E-state index in [1.54, 1.807) is 32.8 Å². The number of rotatable bonds is 7. The second-order valence-corrected chi connectivity index (χ2v) is 5.98. The molecule has 0 fully saturated rings. The van der Waals surface area contributed by atoms with Gasteiger partial charge in [0, 0.05) is 37.2 Å². The van der Waals surface area contributed by atoms with Crippen molar-refractivity contribution >= 4 is 6.03 Å². The Hall–Kier alpha value is -3.61. The van der Waals surface area contributed by atoms with Crippen molar-refractivity contribution in [3.63, 3.8) is 0 Å². The molecule has 0 spiro atoms. The maximum Gasteiger partial charge on any atom is 0.315 e. The van der Waals surface area contributed by atoms with Crippen molar-refractivity contribution in [2.24, 2.45) is 0 Å². The average molecular weight is 378 g/mol. The highest BCUT2D eigenvalue weighted by Crippen LogP contribution is 2.27. The van der Waals surface area contributed by atoms with E-state index < -0.39 is 0 Å². The van der Waals surface area contributed by atoms with E-state index in [0.717, 1.165) is 22.4 Å². The number of amides is 2. The molecule has 0 aliphatic rings. The molecule has 7 heteroatoms. The maximum absolute atomic E-state index is 12.2. The molecule has 2 N–H and O–H groups in total. The number of carbonyl (C=O) groups excluding carboxylic acids is 1. The van der Waals surface area contributed by atoms with Crippen molar-refractivity contribution in [2.45, 2.75) is 13.1 Å². The number of aromatic nitrogens is 2. The topological polar surface area (TPSA) is 85.4 Å². The number of hydrogen-bond acceptors (Lipinski definition) is 5. The number of hydrogen-bond donors (Lipinski definition) is 2. The molecular formula is C21H22N4O3. The highest BCUT2D eigenvalue weighted by atomic mass is 16.5. The monoisotopic (exact) mass is 378 g/mol. The Kier molecular flexibility index (Phi) is 6.41. The third-order valence-electron chi connectivity index (χ3n) is 4.17. The van der Waals surface area contributed by atoms with Gasteiger partial charge >= 0.3 is 6.03 Å². The largest absolute Gasteiger partial charge is 0.493 e. The molecule has 0 saturated carbocycles. The van der Waals surface area contributed by atoms with Gasteiger partial charge < -0.3 is 20.1 Å². The summed E-state index contributed by atoms with van der Waals surface area (Å²) >= 11 is 0. The normalized spacial score (nSPS) is 10.2. The fraction of sp³-hybridized carbons (Fsp3) is 0.190. The summed E-state index contributed by atoms with van der Waals surface area (Å²) in [7, 11) is 3.16. The summed E-state index contributed by atoms with van der Waals surface area (Å²) in [6.07, 6.45) is 5.19. The van der Waals surface area contributed by atoms with Crippen LogP contribution in [0.3, 0.4) is 0 Å². The van der Waals surface area contributed by atoms with Crippen LogP contribution in [0.4, 0.5) is 4.79 Å². The Balaban J connectivity index is 1.58. The molecule has 2 heterocycles. The third kappa shape index (κ3) is 4.76. The summed E-state index contributed by atoms with van der Waals surface area (Å²) in [6, 6.07) is 12.8. The summed E-state index contributed by atoms with van der Waals surface area (Å²) < 4.78 is 10.5. The van der Waals surface area contributed by atoms with Gasteiger partial charge in [-0.3, -0.25) is 9.97 Å². The van der Waals surface area contributed by atoms with Crippen molar-refractivity contribution in [3.05, 3.63) is 72.2 Å². The van der Waals surface area contributed by atoms with Gasteiger partial charge in [0.25, 0.3) is 0 Å². The first-order valence-electron chi connectivity index (χ1n) is 8.78. The molecule has 2 aromatic heterocycles. The Morgan fingerprint density at radius 1 is 0.964 bits per heavy atom. The van der Waals surface area contributed by atoms with E-state index in [1.807, 2.05) is 42.5 Å². The van der Waals surface area contributed by atoms with Crippen LogP contribution in [0.2, 0.25) is 0 Å². The van der Waals surface area contributed by atoms with E-state index >= 15 is 0 Å². The Morgan fingerprint density at radius 3 is 2.50 bits per heavy atom. The lowest BCUT2D eigenvalue weighted by Crippen LogP contribution is -2.34. The fourth-order valence-corrected chi connectivity index (χ4v) is 2.75. The van der Waals surface area contributed by atoms with Crippen LogP contribution in [0.1, 0.15) is 11.1 Å². The molecule has 0 atom stereocenters. The molecule has 3 rings (SSSR count). The van der Waals surface area contributed by atoms with Crippen LogP contribution < -0.4 is 20.1 Å². The standard InChI is InChI=1S/C21H22N4O3/c1-27-18-8-7-15(11-19(18)28-2)12-24-21(26)25-14-17-6-4-10-23-20(17)16-5-3-9-22-13-16/h3-11,13H,12,14H2,1-2H3,(H2,24,25,26). The number of urea groups is 1. The SMILES string of the molecule is COc1ccc(CNC(=O)NCc2cccnc2-c2cccnc2)cc1OC. The number of nitrogens with zero attached hydrogens (tertiary/aromatic N) is 2. The molecule has 28 heavy (non-hydrogen) atoms. The van der Waals surface area contributed by atoms with E-state index in [9.17, 15) is 4.79 Å². The Labute approximate surface area is 163 Å². The van der Waals surface area contributed by atoms with Crippen molar-refractivity contribution in [3.8, 4) is 22.8 Å². The number of benzene rings is 1. The van der Waals surface area contributed by atoms with Gasteiger partial charge in [-0.25, -0.2) is 4.79 Å². The van der Waals surface area contributed by atoms with E-state index in [1.165, 1.54) is 0 Å². The maximum atomic E-state index is 12.2. The highest BCUT2D eigenvalue weighted by Gasteiger charge is 2.09. The van der Waals surface area contributed by atoms with Gasteiger partial charge in [0.2, 0.25) is 0 Å². The molecular weight excluding hydrogens is 356 g/mol. The summed E-state index contributed by atoms with van der Waals surface area (Å²) in [5.74, 6) is 1.27. The fourth-order valence-electron chi connectivity index (χ4n) is 2.75. The summed E-state index contributed by atoms with van der Waals surface area (Å²) in [5.41, 5.74) is 3.53. The van der Waals surface area contributed by atoms with Crippen LogP contribution in [-0.4, -0.2) is 30.2 Å². The number of carbonyl (C=O) groups is 1. The molecule has 0 unspecified atom stereocenters. The van der Waals surface area contributed by atoms with Gasteiger partial charge in [0.15, 0.2) is 11.5 Å². The minimum absolute atomic E-state index is 0.268. The van der Waals surface area contributed by atoms with Crippen LogP contribution in [0.25, 0.3) is 11.3 Å². The number of methoxy groups -OCH3 is 2. The van der Waals surface area contributed by atoms with Gasteiger partial charge in [-0.2, -0.15) is 0 Å². The molecule has 0 aliphatic heterocycles. The summed E-state index contributed by atoms with van der Waals surface area (Å²) in [6.45, 7) is 0.727. The first kappa shape index (κ1) is 19.2. The van der Waals surface area contributed by atoms with E-state index in [0.29, 0.717) is 24.6 Å². The predicted octanol–water partition coefficient (Wildman–Crippen LogP) is 3.16. The molecule has 7 nitrogen and oxygen atoms in total. The lowest BCUT2D eigenvalue weighted by Gasteiger charge is -2.12. The molecule has 0 radical (unpaired) electrons. The Morgan fingerprint density at radius 2 is 1.75 bits per heavy atom. The van der Waals surface area contributed by atoms with Gasteiger partial charge in [-0.15, -0.1) is 0 Å². The molecule has 0 bridgehead atoms. The first-order valence-corrected chi connectivity index (χ1v) is 8.78. The second-order valence-electron chi connectivity index (χ2n) is 5.98. The predicted molar refractivity (Wildman–Crippen MR) is 106 cm³/mol. The molecule has 1 aromatic carbocycles. The highest BCUT2D eigenvalue weighted by molar-refractivity contribution is 5.74. The van der Waals surface area contributed by atoms with E-state index in [4.69, 9.17) is 9.47 Å². The lowest BCUT2D eigenvalue weighted by atomic mass is 10.1. The van der Waals surface area contributed by atoms with Crippen molar-refractivity contribution in [2.75, 3.05) is 14.2 Å². The zero-order chi connectivity index (χ0) is 19.8. The van der Waals surface area contributed by atoms with Crippen molar-refractivity contribution in [1.29, 1.82) is 0 Å². The number of ether oxygens (including phenoxy) is 2. The molecule has 3 aromatic rings. The van der Waals surface area contributed by atoms with Crippen molar-refractivity contribution < 1.29 is 14.3 Å². The van der Waals surface area contributed by atoms with Crippen LogP contribution in [0.15, 0.2) is 61.1 Å². The van der Waals surface area contributed by atoms with Crippen LogP contribution in [-0.2, 0) is 13.1 Å². The summed E-state index contributed by atoms with van der Waals surface area (Å²) in [5, 5.41) is 5.70. The van der Waals surface area contributed by atoms with Crippen LogP contribution in [0.5, 0.6) is 11.5 Å². The molecule has 2 amide bonds. The summed E-state index contributed by atoms with van der Waals surface area (Å²) in [4.78, 5) is 20.8. The van der Waals surface area contributed by atoms with Gasteiger partial charge in [0.05, 0.1) is 19.9 Å². The minimum Gasteiger partial charge on any atom is -0.493 e. The Bertz CT molecular complexity index is 932. The zero-order valence-corrected chi connectivity index (χ0v) is 15.8. The van der Waals surface area contributed by atoms with E-state index in [2.05, 4.69) is 20.6 Å². The van der Waals surface area contributed by atoms with Gasteiger partial charge in [-0.1, -0.05) is 12.1 Å². The number of pyridine rings is 2. The minimum atomic E-state index is -0.268.